The number of carboxylic acid groups (broad SMARTS) is 1. The Kier molecular flexibility index (Phi) is 57.1. The Hall–Kier alpha value is -9.45. The average molecular weight is 1590 g/mol. The summed E-state index contributed by atoms with van der Waals surface area (Å²) in [6, 6.07) is 25.0. The summed E-state index contributed by atoms with van der Waals surface area (Å²) in [6.07, 6.45) is 7.40. The van der Waals surface area contributed by atoms with Crippen molar-refractivity contribution in [2.75, 3.05) is 59.5 Å². The number of carbonyl (C=O) groups is 10. The topological polar surface area (TPSA) is 414 Å². The molecule has 0 radical (unpaired) electrons. The van der Waals surface area contributed by atoms with Crippen LogP contribution in [-0.2, 0) is 71.5 Å². The number of aliphatic hydroxyl groups excluding tert-OH is 2. The minimum absolute atomic E-state index is 0.0701. The number of rotatable bonds is 43. The van der Waals surface area contributed by atoms with E-state index in [1.54, 1.807) is 69.3 Å². The SMILES string of the molecule is C=C(C)C(=O)OCC(O)COC(=O)C(C)CC.C=C(C)C(=O)OCC(O)COC(=O)C(C)CC.CCC(C)C(=O)O.CCC(C)C(=O)OCCCCOc1ccc(C(=O)Oc2ccc(B(O)O)cc2)cc1.CCC(C)C(=O)OCCCCOc1ccc(C(=O)Oc2ccc(B(O)O)cc2)cc1.CCCCOC(=O)C(C)(C)CC. The molecule has 7 N–H and O–H groups in total. The van der Waals surface area contributed by atoms with Gasteiger partial charge in [0.25, 0.3) is 0 Å². The first-order valence-corrected chi connectivity index (χ1v) is 38.2. The van der Waals surface area contributed by atoms with E-state index in [1.807, 2.05) is 69.2 Å². The highest BCUT2D eigenvalue weighted by Gasteiger charge is 2.27. The number of aliphatic hydroxyl groups is 2. The van der Waals surface area contributed by atoms with Crippen molar-refractivity contribution in [2.24, 2.45) is 35.0 Å². The molecule has 7 atom stereocenters. The summed E-state index contributed by atoms with van der Waals surface area (Å²) in [5.74, 6) is -2.87. The lowest BCUT2D eigenvalue weighted by Gasteiger charge is -2.19. The molecule has 0 amide bonds. The van der Waals surface area contributed by atoms with Crippen LogP contribution in [0, 0.1) is 35.0 Å². The first kappa shape index (κ1) is 106. The first-order valence-electron chi connectivity index (χ1n) is 38.2. The fraction of sp³-hybridized carbons (Fsp3) is 0.542. The Labute approximate surface area is 667 Å². The molecule has 0 aliphatic carbocycles. The molecular formula is C83H124B2O28. The number of esters is 9. The lowest BCUT2D eigenvalue weighted by Crippen LogP contribution is -2.29. The van der Waals surface area contributed by atoms with Gasteiger partial charge < -0.3 is 87.5 Å². The van der Waals surface area contributed by atoms with Crippen LogP contribution in [0.4, 0.5) is 0 Å². The molecule has 0 spiro atoms. The zero-order valence-electron chi connectivity index (χ0n) is 68.9. The van der Waals surface area contributed by atoms with Gasteiger partial charge in [-0.1, -0.05) is 127 Å². The Morgan fingerprint density at radius 2 is 0.673 bits per heavy atom. The number of hydrogen-bond donors (Lipinski definition) is 7. The van der Waals surface area contributed by atoms with E-state index in [1.165, 1.54) is 62.4 Å². The molecule has 0 saturated carbocycles. The minimum Gasteiger partial charge on any atom is -0.494 e. The monoisotopic (exact) mass is 1590 g/mol. The quantitative estimate of drug-likeness (QED) is 0.00540. The second kappa shape index (κ2) is 61.1. The van der Waals surface area contributed by atoms with E-state index < -0.39 is 56.3 Å². The van der Waals surface area contributed by atoms with Gasteiger partial charge in [0, 0.05) is 11.1 Å². The molecule has 4 rings (SSSR count). The molecule has 0 aromatic heterocycles. The number of carboxylic acids is 1. The number of hydrogen-bond acceptors (Lipinski definition) is 27. The summed E-state index contributed by atoms with van der Waals surface area (Å²) in [5.41, 5.74) is 1.56. The number of benzene rings is 4. The second-order valence-electron chi connectivity index (χ2n) is 27.1. The molecule has 0 aliphatic rings. The van der Waals surface area contributed by atoms with Crippen molar-refractivity contribution in [2.45, 2.75) is 200 Å². The minimum atomic E-state index is -1.57. The van der Waals surface area contributed by atoms with Crippen molar-refractivity contribution in [1.29, 1.82) is 0 Å². The van der Waals surface area contributed by atoms with Crippen molar-refractivity contribution < 1.29 is 135 Å². The summed E-state index contributed by atoms with van der Waals surface area (Å²) in [7, 11) is -3.14. The predicted molar refractivity (Wildman–Crippen MR) is 427 cm³/mol. The fourth-order valence-electron chi connectivity index (χ4n) is 7.36. The van der Waals surface area contributed by atoms with Crippen molar-refractivity contribution in [3.63, 3.8) is 0 Å². The molecule has 0 fully saturated rings. The molecule has 0 bridgehead atoms. The number of carbonyl (C=O) groups excluding carboxylic acids is 9. The maximum Gasteiger partial charge on any atom is 0.488 e. The van der Waals surface area contributed by atoms with Crippen molar-refractivity contribution >= 4 is 84.9 Å². The zero-order valence-corrected chi connectivity index (χ0v) is 68.9. The molecule has 28 nitrogen and oxygen atoms in total. The smallest absolute Gasteiger partial charge is 0.488 e. The molecule has 113 heavy (non-hydrogen) atoms. The Morgan fingerprint density at radius 1 is 0.389 bits per heavy atom. The van der Waals surface area contributed by atoms with E-state index in [0.29, 0.717) is 90.9 Å². The van der Waals surface area contributed by atoms with Crippen LogP contribution in [0.25, 0.3) is 0 Å². The predicted octanol–water partition coefficient (Wildman–Crippen LogP) is 10.7. The highest BCUT2D eigenvalue weighted by molar-refractivity contribution is 6.59. The zero-order chi connectivity index (χ0) is 86.2. The standard InChI is InChI=1S/2C22H27BO7.2C12H20O5.C10H20O2.C5H10O2/c2*1-3-16(2)21(24)29-15-5-4-14-28-19-10-6-17(7-11-19)22(25)30-20-12-8-18(9-13-20)23(26)27;2*1-5-9(4)12(15)17-7-10(13)6-16-11(14)8(2)3;1-5-7-8-12-9(11)10(3,4)6-2;1-3-4(2)5(6)7/h2*6-13,16,26-27H,3-5,14-15H2,1-2H3;2*9-10,13H,2,5-7H2,1,3-4H3;5-8H2,1-4H3;4H,3H2,1-2H3,(H,6,7). The molecule has 4 aromatic carbocycles. The van der Waals surface area contributed by atoms with Crippen LogP contribution in [0.3, 0.4) is 0 Å². The number of unbranched alkanes of at least 4 members (excludes halogenated alkanes) is 3. The average Bonchev–Trinajstić information content (AvgIpc) is 0.864. The van der Waals surface area contributed by atoms with Crippen LogP contribution < -0.4 is 29.9 Å². The van der Waals surface area contributed by atoms with Gasteiger partial charge in [-0.05, 0) is 182 Å². The lowest BCUT2D eigenvalue weighted by molar-refractivity contribution is -0.155. The maximum absolute atomic E-state index is 12.2. The van der Waals surface area contributed by atoms with Crippen molar-refractivity contribution in [3.05, 3.63) is 132 Å². The van der Waals surface area contributed by atoms with E-state index in [4.69, 9.17) is 77.3 Å². The maximum atomic E-state index is 12.2. The van der Waals surface area contributed by atoms with E-state index in [2.05, 4.69) is 20.1 Å². The van der Waals surface area contributed by atoms with Crippen molar-refractivity contribution in [1.82, 2.24) is 0 Å². The van der Waals surface area contributed by atoms with Gasteiger partial charge in [-0.25, -0.2) is 19.2 Å². The third kappa shape index (κ3) is 49.6. The highest BCUT2D eigenvalue weighted by atomic mass is 16.6. The molecule has 30 heteroatoms. The number of aliphatic carboxylic acids is 1. The van der Waals surface area contributed by atoms with Gasteiger partial charge in [0.1, 0.15) is 61.6 Å². The van der Waals surface area contributed by atoms with Gasteiger partial charge in [0.2, 0.25) is 0 Å². The van der Waals surface area contributed by atoms with Crippen LogP contribution >= 0.6 is 0 Å². The van der Waals surface area contributed by atoms with Gasteiger partial charge in [-0.3, -0.25) is 28.8 Å². The van der Waals surface area contributed by atoms with Gasteiger partial charge in [-0.15, -0.1) is 0 Å². The Bertz CT molecular complexity index is 3220. The molecule has 0 saturated heterocycles. The number of ether oxygens (including phenoxy) is 11. The normalized spacial score (nSPS) is 12.2. The summed E-state index contributed by atoms with van der Waals surface area (Å²) in [6.45, 7) is 37.7. The fourth-order valence-corrected chi connectivity index (χ4v) is 7.36. The molecule has 7 unspecified atom stereocenters. The van der Waals surface area contributed by atoms with Gasteiger partial charge in [0.15, 0.2) is 0 Å². The van der Waals surface area contributed by atoms with Crippen LogP contribution in [0.15, 0.2) is 121 Å². The van der Waals surface area contributed by atoms with E-state index in [0.717, 1.165) is 64.2 Å². The Balaban J connectivity index is 0. The first-order chi connectivity index (χ1) is 53.3. The highest BCUT2D eigenvalue weighted by Crippen LogP contribution is 2.22. The van der Waals surface area contributed by atoms with Crippen LogP contribution in [0.2, 0.25) is 0 Å². The third-order valence-corrected chi connectivity index (χ3v) is 16.7. The largest absolute Gasteiger partial charge is 0.494 e. The molecule has 0 heterocycles. The molecular weight excluding hydrogens is 1470 g/mol. The van der Waals surface area contributed by atoms with Crippen LogP contribution in [0.1, 0.15) is 209 Å². The molecule has 0 aliphatic heterocycles. The summed E-state index contributed by atoms with van der Waals surface area (Å²) < 4.78 is 56.4. The second-order valence-corrected chi connectivity index (χ2v) is 27.1. The van der Waals surface area contributed by atoms with Gasteiger partial charge in [-0.2, -0.15) is 0 Å². The molecule has 4 aromatic rings. The Morgan fingerprint density at radius 3 is 0.938 bits per heavy atom. The summed E-state index contributed by atoms with van der Waals surface area (Å²) in [5, 5.41) is 63.3. The van der Waals surface area contributed by atoms with E-state index in [-0.39, 0.29) is 102 Å². The van der Waals surface area contributed by atoms with Crippen LogP contribution in [0.5, 0.6) is 23.0 Å². The third-order valence-electron chi connectivity index (χ3n) is 16.7. The van der Waals surface area contributed by atoms with Crippen molar-refractivity contribution in [3.8, 4) is 23.0 Å². The van der Waals surface area contributed by atoms with E-state index >= 15 is 0 Å². The summed E-state index contributed by atoms with van der Waals surface area (Å²) in [4.78, 5) is 113. The van der Waals surface area contributed by atoms with Gasteiger partial charge in [0.05, 0.1) is 79.2 Å². The summed E-state index contributed by atoms with van der Waals surface area (Å²) >= 11 is 0. The van der Waals surface area contributed by atoms with E-state index in [9.17, 15) is 58.2 Å². The van der Waals surface area contributed by atoms with Gasteiger partial charge >= 0.3 is 73.9 Å². The van der Waals surface area contributed by atoms with Crippen LogP contribution in [-0.4, -0.2) is 181 Å². The lowest BCUT2D eigenvalue weighted by atomic mass is 9.80. The molecule has 630 valence electrons.